The van der Waals surface area contributed by atoms with Crippen molar-refractivity contribution in [3.63, 3.8) is 0 Å². The molecule has 96 valence electrons. The molecule has 0 bridgehead atoms. The summed E-state index contributed by atoms with van der Waals surface area (Å²) in [5.41, 5.74) is 5.34. The molecule has 1 fully saturated rings. The number of nitrogens with zero attached hydrogens (tertiary/aromatic N) is 1. The van der Waals surface area contributed by atoms with Gasteiger partial charge in [0.2, 0.25) is 0 Å². The van der Waals surface area contributed by atoms with E-state index in [1.807, 2.05) is 0 Å². The van der Waals surface area contributed by atoms with Crippen molar-refractivity contribution in [1.29, 1.82) is 0 Å². The Labute approximate surface area is 97.3 Å². The molecule has 1 atom stereocenters. The van der Waals surface area contributed by atoms with Crippen LogP contribution in [0.1, 0.15) is 12.8 Å². The first-order valence-corrected chi connectivity index (χ1v) is 6.99. The average molecular weight is 251 g/mol. The van der Waals surface area contributed by atoms with Crippen LogP contribution in [0.15, 0.2) is 0 Å². The summed E-state index contributed by atoms with van der Waals surface area (Å²) in [6.45, 7) is 2.78. The fraction of sp³-hybridized carbons (Fsp3) is 1.00. The predicted molar refractivity (Wildman–Crippen MR) is 62.1 cm³/mol. The first-order chi connectivity index (χ1) is 7.56. The lowest BCUT2D eigenvalue weighted by atomic mass is 10.1. The van der Waals surface area contributed by atoms with Gasteiger partial charge in [-0.15, -0.1) is 0 Å². The fourth-order valence-corrected chi connectivity index (χ4v) is 2.55. The summed E-state index contributed by atoms with van der Waals surface area (Å²) < 4.78 is 32.5. The molecule has 16 heavy (non-hydrogen) atoms. The SMILES string of the molecule is CN(CCCN)S(=O)(=O)NCC1CCOC1. The molecule has 0 aliphatic carbocycles. The van der Waals surface area contributed by atoms with Crippen LogP contribution < -0.4 is 10.5 Å². The molecule has 7 heteroatoms. The van der Waals surface area contributed by atoms with Gasteiger partial charge in [0, 0.05) is 26.7 Å². The van der Waals surface area contributed by atoms with E-state index >= 15 is 0 Å². The summed E-state index contributed by atoms with van der Waals surface area (Å²) in [4.78, 5) is 0. The topological polar surface area (TPSA) is 84.7 Å². The van der Waals surface area contributed by atoms with E-state index in [-0.39, 0.29) is 0 Å². The maximum Gasteiger partial charge on any atom is 0.279 e. The molecule has 0 saturated carbocycles. The van der Waals surface area contributed by atoms with E-state index in [1.165, 1.54) is 4.31 Å². The number of nitrogens with two attached hydrogens (primary N) is 1. The molecule has 1 saturated heterocycles. The molecule has 0 amide bonds. The van der Waals surface area contributed by atoms with Crippen molar-refractivity contribution in [3.05, 3.63) is 0 Å². The Morgan fingerprint density at radius 3 is 2.88 bits per heavy atom. The number of rotatable bonds is 7. The smallest absolute Gasteiger partial charge is 0.279 e. The maximum absolute atomic E-state index is 11.7. The second kappa shape index (κ2) is 6.51. The van der Waals surface area contributed by atoms with Crippen LogP contribution in [-0.2, 0) is 14.9 Å². The van der Waals surface area contributed by atoms with E-state index in [9.17, 15) is 8.42 Å². The van der Waals surface area contributed by atoms with Crippen LogP contribution in [0.3, 0.4) is 0 Å². The molecule has 1 aliphatic rings. The third kappa shape index (κ3) is 4.34. The fourth-order valence-electron chi connectivity index (χ4n) is 1.51. The van der Waals surface area contributed by atoms with Gasteiger partial charge in [-0.25, -0.2) is 4.72 Å². The molecule has 1 rings (SSSR count). The summed E-state index contributed by atoms with van der Waals surface area (Å²) in [6, 6.07) is 0. The van der Waals surface area contributed by atoms with Gasteiger partial charge < -0.3 is 10.5 Å². The van der Waals surface area contributed by atoms with Gasteiger partial charge in [-0.05, 0) is 25.3 Å². The van der Waals surface area contributed by atoms with E-state index in [1.54, 1.807) is 7.05 Å². The number of ether oxygens (including phenoxy) is 1. The van der Waals surface area contributed by atoms with Crippen LogP contribution >= 0.6 is 0 Å². The summed E-state index contributed by atoms with van der Waals surface area (Å²) in [5, 5.41) is 0. The number of hydrogen-bond donors (Lipinski definition) is 2. The molecule has 1 unspecified atom stereocenters. The molecule has 0 aromatic carbocycles. The summed E-state index contributed by atoms with van der Waals surface area (Å²) in [7, 11) is -1.79. The lowest BCUT2D eigenvalue weighted by Gasteiger charge is -2.18. The van der Waals surface area contributed by atoms with E-state index < -0.39 is 10.2 Å². The summed E-state index contributed by atoms with van der Waals surface area (Å²) in [5.74, 6) is 0.303. The zero-order chi connectivity index (χ0) is 12.0. The second-order valence-corrected chi connectivity index (χ2v) is 5.91. The normalized spacial score (nSPS) is 21.8. The Morgan fingerprint density at radius 2 is 2.31 bits per heavy atom. The molecule has 3 N–H and O–H groups in total. The number of nitrogens with one attached hydrogen (secondary N) is 1. The van der Waals surface area contributed by atoms with Crippen LogP contribution in [-0.4, -0.2) is 52.6 Å². The maximum atomic E-state index is 11.7. The van der Waals surface area contributed by atoms with Gasteiger partial charge in [-0.2, -0.15) is 12.7 Å². The third-order valence-corrected chi connectivity index (χ3v) is 4.20. The molecule has 0 aromatic rings. The van der Waals surface area contributed by atoms with Crippen molar-refractivity contribution in [1.82, 2.24) is 9.03 Å². The molecular weight excluding hydrogens is 230 g/mol. The van der Waals surface area contributed by atoms with Crippen LogP contribution in [0.25, 0.3) is 0 Å². The summed E-state index contributed by atoms with van der Waals surface area (Å²) in [6.07, 6.45) is 1.60. The Morgan fingerprint density at radius 1 is 1.56 bits per heavy atom. The highest BCUT2D eigenvalue weighted by Gasteiger charge is 2.21. The minimum absolute atomic E-state index is 0.303. The van der Waals surface area contributed by atoms with Gasteiger partial charge in [0.05, 0.1) is 6.61 Å². The zero-order valence-electron chi connectivity index (χ0n) is 9.68. The highest BCUT2D eigenvalue weighted by Crippen LogP contribution is 2.11. The molecule has 6 nitrogen and oxygen atoms in total. The van der Waals surface area contributed by atoms with E-state index in [0.717, 1.165) is 13.0 Å². The van der Waals surface area contributed by atoms with E-state index in [0.29, 0.717) is 38.6 Å². The zero-order valence-corrected chi connectivity index (χ0v) is 10.5. The van der Waals surface area contributed by atoms with Crippen LogP contribution in [0, 0.1) is 5.92 Å². The highest BCUT2D eigenvalue weighted by molar-refractivity contribution is 7.87. The van der Waals surface area contributed by atoms with E-state index in [4.69, 9.17) is 10.5 Å². The Hall–Kier alpha value is -0.210. The molecular formula is C9H21N3O3S. The van der Waals surface area contributed by atoms with Crippen LogP contribution in [0.4, 0.5) is 0 Å². The lowest BCUT2D eigenvalue weighted by Crippen LogP contribution is -2.41. The van der Waals surface area contributed by atoms with Crippen molar-refractivity contribution in [2.75, 3.05) is 39.9 Å². The van der Waals surface area contributed by atoms with Crippen LogP contribution in [0.5, 0.6) is 0 Å². The Kier molecular flexibility index (Phi) is 5.63. The van der Waals surface area contributed by atoms with Crippen molar-refractivity contribution in [2.24, 2.45) is 11.7 Å². The minimum Gasteiger partial charge on any atom is -0.381 e. The first-order valence-electron chi connectivity index (χ1n) is 5.55. The third-order valence-electron chi connectivity index (χ3n) is 2.67. The Balaban J connectivity index is 2.32. The minimum atomic E-state index is -3.35. The van der Waals surface area contributed by atoms with Gasteiger partial charge in [0.1, 0.15) is 0 Å². The molecule has 0 radical (unpaired) electrons. The lowest BCUT2D eigenvalue weighted by molar-refractivity contribution is 0.186. The van der Waals surface area contributed by atoms with Gasteiger partial charge in [-0.3, -0.25) is 0 Å². The van der Waals surface area contributed by atoms with Gasteiger partial charge in [0.15, 0.2) is 0 Å². The molecule has 0 spiro atoms. The molecule has 1 aliphatic heterocycles. The van der Waals surface area contributed by atoms with Crippen LogP contribution in [0.2, 0.25) is 0 Å². The van der Waals surface area contributed by atoms with Gasteiger partial charge in [-0.1, -0.05) is 0 Å². The Bertz CT molecular complexity index is 288. The quantitative estimate of drug-likeness (QED) is 0.616. The number of hydrogen-bond acceptors (Lipinski definition) is 4. The first kappa shape index (κ1) is 13.9. The largest absolute Gasteiger partial charge is 0.381 e. The highest BCUT2D eigenvalue weighted by atomic mass is 32.2. The summed E-state index contributed by atoms with van der Waals surface area (Å²) >= 11 is 0. The standard InChI is InChI=1S/C9H21N3O3S/c1-12(5-2-4-10)16(13,14)11-7-9-3-6-15-8-9/h9,11H,2-8,10H2,1H3. The van der Waals surface area contributed by atoms with Gasteiger partial charge in [0.25, 0.3) is 10.2 Å². The van der Waals surface area contributed by atoms with Crippen molar-refractivity contribution < 1.29 is 13.2 Å². The van der Waals surface area contributed by atoms with E-state index in [2.05, 4.69) is 4.72 Å². The van der Waals surface area contributed by atoms with Gasteiger partial charge >= 0.3 is 0 Å². The predicted octanol–water partition coefficient (Wildman–Crippen LogP) is -0.862. The second-order valence-electron chi connectivity index (χ2n) is 4.05. The van der Waals surface area contributed by atoms with Crippen molar-refractivity contribution in [2.45, 2.75) is 12.8 Å². The average Bonchev–Trinajstić information content (AvgIpc) is 2.76. The molecule has 0 aromatic heterocycles. The van der Waals surface area contributed by atoms with Crippen molar-refractivity contribution in [3.8, 4) is 0 Å². The van der Waals surface area contributed by atoms with Crippen molar-refractivity contribution >= 4 is 10.2 Å². The molecule has 1 heterocycles. The monoisotopic (exact) mass is 251 g/mol.